The quantitative estimate of drug-likeness (QED) is 0.0988. The Labute approximate surface area is 435 Å². The van der Waals surface area contributed by atoms with Gasteiger partial charge in [0.15, 0.2) is 23.1 Å². The number of piperidine rings is 1. The Bertz CT molecular complexity index is 2880. The van der Waals surface area contributed by atoms with E-state index in [-0.39, 0.29) is 23.3 Å². The molecule has 0 saturated carbocycles. The van der Waals surface area contributed by atoms with Crippen LogP contribution in [0.5, 0.6) is 11.5 Å². The summed E-state index contributed by atoms with van der Waals surface area (Å²) in [6, 6.07) is 24.8. The van der Waals surface area contributed by atoms with Crippen LogP contribution >= 0.6 is 0 Å². The highest BCUT2D eigenvalue weighted by Crippen LogP contribution is 2.34. The molecule has 0 atom stereocenters. The molecule has 2 amide bonds. The summed E-state index contributed by atoms with van der Waals surface area (Å²) in [5.41, 5.74) is 8.94. The number of aryl methyl sites for hydroxylation is 2. The number of fused-ring (bicyclic) bond motifs is 4. The standard InChI is InChI=1S/C32H42FN5O2.C27H31FN4O2/c1-32(2,3)12-14-37-17-15-36(16-18-37)13-7-19-40-30-11-10-25(20-27(30)33)31(39)38-23-26-22-34-35(4)29(26)21-24-8-5-6-9-28(24)38;1-30-25-17-20-8-3-4-9-24(20)32(19-22(25)18-29-30)27(33)21-10-11-26(23(28)16-21)34-15-7-14-31-12-5-2-6-13-31/h5-6,8-11,20,22H,7,12-19,21,23H2,1-4H3;3-4,8-11,16,18H,2,5-7,12-15,17,19H2,1H3. The number of ether oxygens (including phenoxy) is 2. The summed E-state index contributed by atoms with van der Waals surface area (Å²) in [5, 5.41) is 8.76. The van der Waals surface area contributed by atoms with Crippen molar-refractivity contribution in [1.29, 1.82) is 0 Å². The number of hydrogen-bond donors (Lipinski definition) is 0. The largest absolute Gasteiger partial charge is 0.490 e. The highest BCUT2D eigenvalue weighted by Gasteiger charge is 2.29. The molecule has 4 aliphatic heterocycles. The van der Waals surface area contributed by atoms with E-state index in [1.165, 1.54) is 37.8 Å². The van der Waals surface area contributed by atoms with Crippen LogP contribution in [0.2, 0.25) is 0 Å². The van der Waals surface area contributed by atoms with Gasteiger partial charge < -0.3 is 34.0 Å². The maximum Gasteiger partial charge on any atom is 0.258 e. The minimum Gasteiger partial charge on any atom is -0.490 e. The average molecular weight is 1010 g/mol. The molecule has 0 radical (unpaired) electrons. The second-order valence-corrected chi connectivity index (χ2v) is 21.5. The van der Waals surface area contributed by atoms with Crippen LogP contribution in [0, 0.1) is 17.0 Å². The van der Waals surface area contributed by atoms with Crippen LogP contribution < -0.4 is 19.3 Å². The van der Waals surface area contributed by atoms with Gasteiger partial charge in [-0.15, -0.1) is 0 Å². The van der Waals surface area contributed by atoms with Gasteiger partial charge >= 0.3 is 0 Å². The molecule has 4 aliphatic rings. The Morgan fingerprint density at radius 1 is 0.554 bits per heavy atom. The zero-order chi connectivity index (χ0) is 51.8. The number of benzene rings is 4. The lowest BCUT2D eigenvalue weighted by atomic mass is 9.92. The second-order valence-electron chi connectivity index (χ2n) is 21.5. The molecule has 4 aromatic carbocycles. The van der Waals surface area contributed by atoms with Crippen LogP contribution in [-0.2, 0) is 40.0 Å². The maximum atomic E-state index is 15.1. The van der Waals surface area contributed by atoms with Crippen molar-refractivity contribution in [1.82, 2.24) is 34.3 Å². The first-order chi connectivity index (χ1) is 35.8. The van der Waals surface area contributed by atoms with E-state index < -0.39 is 11.6 Å². The van der Waals surface area contributed by atoms with E-state index in [1.54, 1.807) is 34.1 Å². The predicted molar refractivity (Wildman–Crippen MR) is 286 cm³/mol. The Kier molecular flexibility index (Phi) is 16.9. The van der Waals surface area contributed by atoms with E-state index in [0.29, 0.717) is 55.7 Å². The van der Waals surface area contributed by atoms with Crippen LogP contribution in [0.3, 0.4) is 0 Å². The number of para-hydroxylation sites is 2. The number of nitrogens with zero attached hydrogens (tertiary/aromatic N) is 9. The molecule has 6 aromatic rings. The Morgan fingerprint density at radius 2 is 0.986 bits per heavy atom. The maximum absolute atomic E-state index is 15.1. The molecule has 0 N–H and O–H groups in total. The molecule has 0 bridgehead atoms. The molecule has 0 spiro atoms. The monoisotopic (exact) mass is 1010 g/mol. The fraction of sp³-hybridized carbons (Fsp3) is 0.458. The molecule has 10 rings (SSSR count). The summed E-state index contributed by atoms with van der Waals surface area (Å²) in [4.78, 5) is 38.0. The first-order valence-electron chi connectivity index (χ1n) is 26.6. The molecular weight excluding hydrogens is 937 g/mol. The normalized spacial score (nSPS) is 16.2. The van der Waals surface area contributed by atoms with Crippen molar-refractivity contribution >= 4 is 23.2 Å². The molecule has 0 unspecified atom stereocenters. The Morgan fingerprint density at radius 3 is 1.43 bits per heavy atom. The van der Waals surface area contributed by atoms with Gasteiger partial charge in [-0.25, -0.2) is 8.78 Å². The third-order valence-corrected chi connectivity index (χ3v) is 14.9. The number of carbonyl (C=O) groups excluding carboxylic acids is 2. The average Bonchev–Trinajstić information content (AvgIpc) is 3.79. The van der Waals surface area contributed by atoms with Crippen molar-refractivity contribution in [3.8, 4) is 11.5 Å². The van der Waals surface area contributed by atoms with Crippen LogP contribution in [0.4, 0.5) is 20.2 Å². The zero-order valence-corrected chi connectivity index (χ0v) is 44.0. The van der Waals surface area contributed by atoms with Crippen LogP contribution in [0.15, 0.2) is 97.3 Å². The first-order valence-corrected chi connectivity index (χ1v) is 26.6. The summed E-state index contributed by atoms with van der Waals surface area (Å²) in [6.45, 7) is 18.3. The van der Waals surface area contributed by atoms with E-state index in [1.807, 2.05) is 84.4 Å². The van der Waals surface area contributed by atoms with Crippen molar-refractivity contribution < 1.29 is 27.8 Å². The summed E-state index contributed by atoms with van der Waals surface area (Å²) < 4.78 is 45.1. The van der Waals surface area contributed by atoms with Crippen molar-refractivity contribution in [3.63, 3.8) is 0 Å². The van der Waals surface area contributed by atoms with Gasteiger partial charge in [0.1, 0.15) is 0 Å². The highest BCUT2D eigenvalue weighted by atomic mass is 19.1. The molecule has 13 nitrogen and oxygen atoms in total. The lowest BCUT2D eigenvalue weighted by Crippen LogP contribution is -2.47. The molecule has 0 aliphatic carbocycles. The minimum atomic E-state index is -0.511. The van der Waals surface area contributed by atoms with E-state index in [0.717, 1.165) is 117 Å². The van der Waals surface area contributed by atoms with Gasteiger partial charge in [-0.05, 0) is 117 Å². The van der Waals surface area contributed by atoms with Crippen LogP contribution in [0.25, 0.3) is 0 Å². The van der Waals surface area contributed by atoms with Gasteiger partial charge in [0.05, 0.1) is 38.7 Å². The molecule has 2 saturated heterocycles. The molecule has 2 aromatic heterocycles. The molecular formula is C59H73F2N9O4. The fourth-order valence-electron chi connectivity index (χ4n) is 10.5. The van der Waals surface area contributed by atoms with Gasteiger partial charge in [0.2, 0.25) is 0 Å². The smallest absolute Gasteiger partial charge is 0.258 e. The lowest BCUT2D eigenvalue weighted by Gasteiger charge is -2.35. The molecule has 392 valence electrons. The predicted octanol–water partition coefficient (Wildman–Crippen LogP) is 9.70. The summed E-state index contributed by atoms with van der Waals surface area (Å²) in [6.07, 6.45) is 11.8. The highest BCUT2D eigenvalue weighted by molar-refractivity contribution is 6.07. The molecule has 2 fully saturated rings. The van der Waals surface area contributed by atoms with E-state index in [9.17, 15) is 14.0 Å². The third kappa shape index (κ3) is 12.9. The number of anilines is 2. The van der Waals surface area contributed by atoms with Crippen LogP contribution in [0.1, 0.15) is 114 Å². The number of aromatic nitrogens is 4. The van der Waals surface area contributed by atoms with Gasteiger partial charge in [-0.2, -0.15) is 10.2 Å². The number of halogens is 2. The number of likely N-dealkylation sites (tertiary alicyclic amines) is 1. The number of amides is 2. The van der Waals surface area contributed by atoms with Crippen molar-refractivity contribution in [3.05, 3.63) is 154 Å². The summed E-state index contributed by atoms with van der Waals surface area (Å²) in [5.74, 6) is -1.11. The summed E-state index contributed by atoms with van der Waals surface area (Å²) >= 11 is 0. The topological polar surface area (TPSA) is 104 Å². The third-order valence-electron chi connectivity index (χ3n) is 14.9. The van der Waals surface area contributed by atoms with Gasteiger partial charge in [0, 0.05) is 111 Å². The molecule has 6 heterocycles. The molecule has 15 heteroatoms. The number of rotatable bonds is 14. The number of carbonyl (C=O) groups is 2. The second kappa shape index (κ2) is 23.8. The number of hydrogen-bond acceptors (Lipinski definition) is 9. The van der Waals surface area contributed by atoms with Crippen molar-refractivity contribution in [2.75, 3.05) is 81.9 Å². The fourth-order valence-corrected chi connectivity index (χ4v) is 10.5. The van der Waals surface area contributed by atoms with Gasteiger partial charge in [-0.1, -0.05) is 63.6 Å². The van der Waals surface area contributed by atoms with Gasteiger partial charge in [-0.3, -0.25) is 19.0 Å². The Hall–Kier alpha value is -6.42. The lowest BCUT2D eigenvalue weighted by molar-refractivity contribution is 0.0977. The zero-order valence-electron chi connectivity index (χ0n) is 44.0. The number of piperazine rings is 1. The molecule has 74 heavy (non-hydrogen) atoms. The Balaban J connectivity index is 0.000000184. The summed E-state index contributed by atoms with van der Waals surface area (Å²) in [7, 11) is 3.84. The van der Waals surface area contributed by atoms with E-state index in [4.69, 9.17) is 9.47 Å². The van der Waals surface area contributed by atoms with Crippen molar-refractivity contribution in [2.24, 2.45) is 19.5 Å². The van der Waals surface area contributed by atoms with E-state index in [2.05, 4.69) is 45.7 Å². The van der Waals surface area contributed by atoms with Crippen molar-refractivity contribution in [2.45, 2.75) is 85.2 Å². The van der Waals surface area contributed by atoms with Crippen LogP contribution in [-0.4, -0.2) is 118 Å². The van der Waals surface area contributed by atoms with E-state index >= 15 is 4.39 Å². The SMILES string of the molecule is Cn1ncc2c1Cc1ccccc1N(C(=O)c1ccc(OCCCN3CCCCC3)c(F)c1)C2.Cn1ncc2c1Cc1ccccc1N(C(=O)c1ccc(OCCCN3CCN(CCC(C)(C)C)CC3)c(F)c1)C2. The first kappa shape index (κ1) is 52.4. The van der Waals surface area contributed by atoms with Gasteiger partial charge in [0.25, 0.3) is 11.8 Å². The minimum absolute atomic E-state index is 0.189.